The number of phosphoric ester groups is 2. The summed E-state index contributed by atoms with van der Waals surface area (Å²) in [5.41, 5.74) is 0. The van der Waals surface area contributed by atoms with Crippen LogP contribution in [0.4, 0.5) is 0 Å². The zero-order valence-electron chi connectivity index (χ0n) is 9.60. The van der Waals surface area contributed by atoms with Crippen LogP contribution < -0.4 is 0 Å². The monoisotopic (exact) mass is 338 g/mol. The summed E-state index contributed by atoms with van der Waals surface area (Å²) in [6, 6.07) is 0. The predicted molar refractivity (Wildman–Crippen MR) is 58.0 cm³/mol. The predicted octanol–water partition coefficient (Wildman–Crippen LogP) is -2.94. The van der Waals surface area contributed by atoms with Crippen LogP contribution in [0, 0.1) is 0 Å². The second kappa shape index (κ2) is 7.48. The van der Waals surface area contributed by atoms with Crippen LogP contribution in [-0.2, 0) is 27.8 Å². The molecule has 0 bridgehead atoms. The maximum absolute atomic E-state index is 11.1. The molecule has 0 fully saturated rings. The molecule has 0 rings (SSSR count). The molecule has 0 aliphatic carbocycles. The topological polar surface area (TPSA) is 208 Å². The van der Waals surface area contributed by atoms with Crippen molar-refractivity contribution in [3.8, 4) is 0 Å². The van der Waals surface area contributed by atoms with E-state index >= 15 is 0 Å². The van der Waals surface area contributed by atoms with Gasteiger partial charge in [0.25, 0.3) is 0 Å². The van der Waals surface area contributed by atoms with Crippen LogP contribution in [0.15, 0.2) is 0 Å². The van der Waals surface area contributed by atoms with Gasteiger partial charge in [0.15, 0.2) is 11.6 Å². The molecule has 6 N–H and O–H groups in total. The Morgan fingerprint density at radius 3 is 1.25 bits per heavy atom. The molecule has 0 aliphatic rings. The third-order valence-corrected chi connectivity index (χ3v) is 2.64. The lowest BCUT2D eigenvalue weighted by molar-refractivity contribution is -0.146. The number of rotatable bonds is 9. The van der Waals surface area contributed by atoms with E-state index in [1.807, 2.05) is 0 Å². The van der Waals surface area contributed by atoms with Crippen LogP contribution in [0.3, 0.4) is 0 Å². The van der Waals surface area contributed by atoms with Gasteiger partial charge in [0.2, 0.25) is 0 Å². The molecule has 118 valence electrons. The van der Waals surface area contributed by atoms with Gasteiger partial charge in [0.05, 0.1) is 0 Å². The highest BCUT2D eigenvalue weighted by atomic mass is 31.2. The van der Waals surface area contributed by atoms with E-state index in [1.165, 1.54) is 0 Å². The van der Waals surface area contributed by atoms with E-state index in [0.29, 0.717) is 0 Å². The lowest BCUT2D eigenvalue weighted by atomic mass is 10.1. The molecule has 0 unspecified atom stereocenters. The first kappa shape index (κ1) is 19.5. The standard InChI is InChI=1S/C6H12O12P2/c7-3(1-17-19(11,12)13)5(9)6(10)4(8)2-18-20(14,15)16/h5-6,9-10H,1-2H2,(H2,11,12,13)(H2,14,15,16)/t5-,6-/m1/s1. The van der Waals surface area contributed by atoms with Crippen molar-refractivity contribution in [2.24, 2.45) is 0 Å². The molecule has 14 heteroatoms. The molecule has 20 heavy (non-hydrogen) atoms. The van der Waals surface area contributed by atoms with E-state index in [2.05, 4.69) is 9.05 Å². The van der Waals surface area contributed by atoms with Gasteiger partial charge in [0.1, 0.15) is 25.4 Å². The smallest absolute Gasteiger partial charge is 0.382 e. The van der Waals surface area contributed by atoms with E-state index in [1.54, 1.807) is 0 Å². The minimum atomic E-state index is -4.97. The van der Waals surface area contributed by atoms with Gasteiger partial charge in [-0.3, -0.25) is 18.6 Å². The summed E-state index contributed by atoms with van der Waals surface area (Å²) in [5.74, 6) is -2.85. The lowest BCUT2D eigenvalue weighted by Gasteiger charge is -2.16. The van der Waals surface area contributed by atoms with Gasteiger partial charge in [-0.15, -0.1) is 0 Å². The van der Waals surface area contributed by atoms with Crippen LogP contribution in [0.2, 0.25) is 0 Å². The fourth-order valence-corrected chi connectivity index (χ4v) is 1.41. The van der Waals surface area contributed by atoms with Crippen molar-refractivity contribution in [2.75, 3.05) is 13.2 Å². The number of carbonyl (C=O) groups is 2. The molecule has 0 radical (unpaired) electrons. The number of aliphatic hydroxyl groups is 2. The van der Waals surface area contributed by atoms with Crippen LogP contribution in [0.5, 0.6) is 0 Å². The Morgan fingerprint density at radius 1 is 0.800 bits per heavy atom. The van der Waals surface area contributed by atoms with Crippen molar-refractivity contribution in [1.29, 1.82) is 0 Å². The van der Waals surface area contributed by atoms with Crippen LogP contribution in [-0.4, -0.2) is 66.8 Å². The van der Waals surface area contributed by atoms with Gasteiger partial charge in [-0.25, -0.2) is 9.13 Å². The van der Waals surface area contributed by atoms with Gasteiger partial charge in [-0.2, -0.15) is 0 Å². The van der Waals surface area contributed by atoms with Crippen molar-refractivity contribution < 1.29 is 57.6 Å². The van der Waals surface area contributed by atoms with E-state index in [0.717, 1.165) is 0 Å². The minimum Gasteiger partial charge on any atom is -0.382 e. The number of phosphoric acid groups is 2. The van der Waals surface area contributed by atoms with Crippen molar-refractivity contribution >= 4 is 27.2 Å². The first-order valence-electron chi connectivity index (χ1n) is 4.65. The Labute approximate surface area is 111 Å². The molecule has 0 aromatic heterocycles. The average Bonchev–Trinajstić information content (AvgIpc) is 2.29. The Kier molecular flexibility index (Phi) is 7.28. The van der Waals surface area contributed by atoms with Gasteiger partial charge >= 0.3 is 15.6 Å². The third-order valence-electron chi connectivity index (χ3n) is 1.71. The van der Waals surface area contributed by atoms with Gasteiger partial charge in [0, 0.05) is 0 Å². The summed E-state index contributed by atoms with van der Waals surface area (Å²) in [4.78, 5) is 55.4. The molecule has 0 spiro atoms. The number of aliphatic hydroxyl groups excluding tert-OH is 2. The molecule has 0 aromatic rings. The maximum atomic E-state index is 11.1. The van der Waals surface area contributed by atoms with Crippen molar-refractivity contribution in [3.05, 3.63) is 0 Å². The molecule has 0 heterocycles. The average molecular weight is 338 g/mol. The molecule has 2 atom stereocenters. The molecular weight excluding hydrogens is 326 g/mol. The molecule has 12 nitrogen and oxygen atoms in total. The van der Waals surface area contributed by atoms with Gasteiger partial charge in [-0.1, -0.05) is 0 Å². The number of hydrogen-bond donors (Lipinski definition) is 6. The molecule has 0 amide bonds. The first-order chi connectivity index (χ1) is 8.83. The van der Waals surface area contributed by atoms with Crippen LogP contribution in [0.25, 0.3) is 0 Å². The summed E-state index contributed by atoms with van der Waals surface area (Å²) in [6.07, 6.45) is -4.79. The van der Waals surface area contributed by atoms with E-state index in [4.69, 9.17) is 19.6 Å². The fraction of sp³-hybridized carbons (Fsp3) is 0.667. The lowest BCUT2D eigenvalue weighted by Crippen LogP contribution is -2.42. The maximum Gasteiger partial charge on any atom is 0.470 e. The molecular formula is C6H12O12P2. The van der Waals surface area contributed by atoms with Crippen LogP contribution in [0.1, 0.15) is 0 Å². The zero-order valence-corrected chi connectivity index (χ0v) is 11.4. The van der Waals surface area contributed by atoms with Crippen molar-refractivity contribution in [1.82, 2.24) is 0 Å². The van der Waals surface area contributed by atoms with E-state index in [9.17, 15) is 28.9 Å². The van der Waals surface area contributed by atoms with Gasteiger partial charge < -0.3 is 29.8 Å². The quantitative estimate of drug-likeness (QED) is 0.233. The van der Waals surface area contributed by atoms with E-state index < -0.39 is 52.6 Å². The second-order valence-electron chi connectivity index (χ2n) is 3.35. The highest BCUT2D eigenvalue weighted by molar-refractivity contribution is 7.46. The minimum absolute atomic E-state index is 1.28. The Morgan fingerprint density at radius 2 is 1.05 bits per heavy atom. The SMILES string of the molecule is O=C(COP(=O)(O)O)[C@@H](O)[C@H](O)C(=O)COP(=O)(O)O. The summed E-state index contributed by atoms with van der Waals surface area (Å²) < 4.78 is 28.0. The number of Topliss-reactive ketones (excluding diaryl/α,β-unsaturated/α-hetero) is 2. The molecule has 0 aromatic carbocycles. The number of ketones is 2. The Bertz CT molecular complexity index is 405. The largest absolute Gasteiger partial charge is 0.470 e. The summed E-state index contributed by atoms with van der Waals surface area (Å²) >= 11 is 0. The summed E-state index contributed by atoms with van der Waals surface area (Å²) in [7, 11) is -9.95. The normalized spacial score (nSPS) is 15.7. The summed E-state index contributed by atoms with van der Waals surface area (Å²) in [6.45, 7) is -2.57. The number of hydrogen-bond acceptors (Lipinski definition) is 8. The first-order valence-corrected chi connectivity index (χ1v) is 7.71. The molecule has 0 saturated heterocycles. The molecule has 0 aliphatic heterocycles. The van der Waals surface area contributed by atoms with Crippen LogP contribution >= 0.6 is 15.6 Å². The van der Waals surface area contributed by atoms with Crippen molar-refractivity contribution in [3.63, 3.8) is 0 Å². The van der Waals surface area contributed by atoms with Crippen molar-refractivity contribution in [2.45, 2.75) is 12.2 Å². The highest BCUT2D eigenvalue weighted by Crippen LogP contribution is 2.36. The Balaban J connectivity index is 4.42. The second-order valence-corrected chi connectivity index (χ2v) is 5.83. The number of carbonyl (C=O) groups excluding carboxylic acids is 2. The fourth-order valence-electron chi connectivity index (χ4n) is 0.818. The summed E-state index contributed by atoms with van der Waals surface area (Å²) in [5, 5.41) is 18.4. The highest BCUT2D eigenvalue weighted by Gasteiger charge is 2.32. The molecule has 0 saturated carbocycles. The Hall–Kier alpha value is -0.520. The van der Waals surface area contributed by atoms with E-state index in [-0.39, 0.29) is 0 Å². The van der Waals surface area contributed by atoms with Gasteiger partial charge in [-0.05, 0) is 0 Å². The zero-order chi connectivity index (χ0) is 16.1. The third kappa shape index (κ3) is 8.61.